The van der Waals surface area contributed by atoms with Crippen LogP contribution >= 0.6 is 0 Å². The van der Waals surface area contributed by atoms with Crippen LogP contribution in [0.4, 0.5) is 0 Å². The third kappa shape index (κ3) is 4.79. The molecule has 0 bridgehead atoms. The number of rotatable bonds is 4. The summed E-state index contributed by atoms with van der Waals surface area (Å²) in [5.41, 5.74) is 0. The standard InChI is InChI=1S/C16H30N2O/c1-12-8-9-15(13(2)10-12)17-11-16(19)18-14-6-4-3-5-7-14/h12-15,17H,3-11H2,1-2H3,(H,18,19). The Bertz CT molecular complexity index is 286. The molecule has 0 aromatic carbocycles. The third-order valence-electron chi connectivity index (χ3n) is 4.93. The summed E-state index contributed by atoms with van der Waals surface area (Å²) in [6, 6.07) is 0.972. The summed E-state index contributed by atoms with van der Waals surface area (Å²) in [7, 11) is 0. The second kappa shape index (κ2) is 7.28. The molecule has 0 aliphatic heterocycles. The summed E-state index contributed by atoms with van der Waals surface area (Å²) < 4.78 is 0. The first-order valence-electron chi connectivity index (χ1n) is 8.18. The minimum atomic E-state index is 0.192. The molecule has 0 saturated heterocycles. The van der Waals surface area contributed by atoms with Crippen molar-refractivity contribution in [1.82, 2.24) is 10.6 Å². The maximum absolute atomic E-state index is 12.0. The summed E-state index contributed by atoms with van der Waals surface area (Å²) >= 11 is 0. The van der Waals surface area contributed by atoms with Gasteiger partial charge in [-0.25, -0.2) is 0 Å². The van der Waals surface area contributed by atoms with Crippen LogP contribution in [0.5, 0.6) is 0 Å². The van der Waals surface area contributed by atoms with Crippen LogP contribution in [0, 0.1) is 11.8 Å². The van der Waals surface area contributed by atoms with Crippen LogP contribution in [0.25, 0.3) is 0 Å². The van der Waals surface area contributed by atoms with Gasteiger partial charge in [-0.1, -0.05) is 33.1 Å². The minimum Gasteiger partial charge on any atom is -0.352 e. The number of hydrogen-bond donors (Lipinski definition) is 2. The fourth-order valence-corrected chi connectivity index (χ4v) is 3.72. The molecule has 0 radical (unpaired) electrons. The van der Waals surface area contributed by atoms with Crippen LogP contribution in [-0.2, 0) is 4.79 Å². The predicted molar refractivity (Wildman–Crippen MR) is 79.0 cm³/mol. The molecule has 3 nitrogen and oxygen atoms in total. The fraction of sp³-hybridized carbons (Fsp3) is 0.938. The van der Waals surface area contributed by atoms with Crippen molar-refractivity contribution in [2.24, 2.45) is 11.8 Å². The van der Waals surface area contributed by atoms with Crippen molar-refractivity contribution in [3.63, 3.8) is 0 Å². The maximum atomic E-state index is 12.0. The van der Waals surface area contributed by atoms with Gasteiger partial charge >= 0.3 is 0 Å². The lowest BCUT2D eigenvalue weighted by molar-refractivity contribution is -0.121. The van der Waals surface area contributed by atoms with E-state index in [0.717, 1.165) is 5.92 Å². The Morgan fingerprint density at radius 2 is 1.79 bits per heavy atom. The van der Waals surface area contributed by atoms with E-state index in [1.54, 1.807) is 0 Å². The number of hydrogen-bond acceptors (Lipinski definition) is 2. The lowest BCUT2D eigenvalue weighted by Gasteiger charge is -2.33. The molecule has 2 rings (SSSR count). The van der Waals surface area contributed by atoms with Crippen LogP contribution in [0.15, 0.2) is 0 Å². The van der Waals surface area contributed by atoms with Crippen molar-refractivity contribution in [1.29, 1.82) is 0 Å². The molecule has 2 N–H and O–H groups in total. The van der Waals surface area contributed by atoms with E-state index >= 15 is 0 Å². The first-order valence-corrected chi connectivity index (χ1v) is 8.18. The molecule has 0 heterocycles. The summed E-state index contributed by atoms with van der Waals surface area (Å²) in [5, 5.41) is 6.65. The second-order valence-corrected chi connectivity index (χ2v) is 6.79. The van der Waals surface area contributed by atoms with Crippen LogP contribution < -0.4 is 10.6 Å². The van der Waals surface area contributed by atoms with E-state index in [-0.39, 0.29) is 5.91 Å². The highest BCUT2D eigenvalue weighted by molar-refractivity contribution is 5.78. The van der Waals surface area contributed by atoms with E-state index in [2.05, 4.69) is 24.5 Å². The number of carbonyl (C=O) groups is 1. The average Bonchev–Trinajstić information content (AvgIpc) is 2.39. The number of carbonyl (C=O) groups excluding carboxylic acids is 1. The van der Waals surface area contributed by atoms with E-state index in [4.69, 9.17) is 0 Å². The van der Waals surface area contributed by atoms with Crippen molar-refractivity contribution >= 4 is 5.91 Å². The molecule has 2 saturated carbocycles. The molecule has 19 heavy (non-hydrogen) atoms. The predicted octanol–water partition coefficient (Wildman–Crippen LogP) is 2.85. The Morgan fingerprint density at radius 3 is 2.47 bits per heavy atom. The quantitative estimate of drug-likeness (QED) is 0.821. The molecule has 1 amide bonds. The zero-order valence-corrected chi connectivity index (χ0v) is 12.6. The monoisotopic (exact) mass is 266 g/mol. The van der Waals surface area contributed by atoms with Gasteiger partial charge in [-0.15, -0.1) is 0 Å². The zero-order chi connectivity index (χ0) is 13.7. The summed E-state index contributed by atoms with van der Waals surface area (Å²) in [6.07, 6.45) is 10.0. The van der Waals surface area contributed by atoms with Crippen LogP contribution in [0.2, 0.25) is 0 Å². The van der Waals surface area contributed by atoms with E-state index in [9.17, 15) is 4.79 Å². The molecule has 0 aromatic rings. The van der Waals surface area contributed by atoms with Crippen molar-refractivity contribution in [2.75, 3.05) is 6.54 Å². The Balaban J connectivity index is 1.65. The second-order valence-electron chi connectivity index (χ2n) is 6.79. The Morgan fingerprint density at radius 1 is 1.05 bits per heavy atom. The minimum absolute atomic E-state index is 0.192. The first-order chi connectivity index (χ1) is 9.15. The summed E-state index contributed by atoms with van der Waals surface area (Å²) in [5.74, 6) is 1.74. The molecular weight excluding hydrogens is 236 g/mol. The van der Waals surface area contributed by atoms with Gasteiger partial charge in [0.1, 0.15) is 0 Å². The molecule has 2 aliphatic rings. The van der Waals surface area contributed by atoms with Gasteiger partial charge in [0, 0.05) is 12.1 Å². The van der Waals surface area contributed by atoms with Gasteiger partial charge in [-0.2, -0.15) is 0 Å². The molecule has 3 unspecified atom stereocenters. The first kappa shape index (κ1) is 14.8. The van der Waals surface area contributed by atoms with Crippen LogP contribution in [-0.4, -0.2) is 24.5 Å². The third-order valence-corrected chi connectivity index (χ3v) is 4.93. The van der Waals surface area contributed by atoms with Gasteiger partial charge in [0.2, 0.25) is 5.91 Å². The van der Waals surface area contributed by atoms with Gasteiger partial charge in [0.15, 0.2) is 0 Å². The molecule has 0 spiro atoms. The van der Waals surface area contributed by atoms with Gasteiger partial charge in [-0.05, 0) is 43.9 Å². The highest BCUT2D eigenvalue weighted by Crippen LogP contribution is 2.28. The van der Waals surface area contributed by atoms with Gasteiger partial charge < -0.3 is 10.6 Å². The molecular formula is C16H30N2O. The van der Waals surface area contributed by atoms with E-state index in [0.29, 0.717) is 24.5 Å². The largest absolute Gasteiger partial charge is 0.352 e. The SMILES string of the molecule is CC1CCC(NCC(=O)NC2CCCCC2)C(C)C1. The topological polar surface area (TPSA) is 41.1 Å². The van der Waals surface area contributed by atoms with E-state index in [1.807, 2.05) is 0 Å². The maximum Gasteiger partial charge on any atom is 0.234 e. The zero-order valence-electron chi connectivity index (χ0n) is 12.6. The summed E-state index contributed by atoms with van der Waals surface area (Å²) in [6.45, 7) is 5.15. The molecule has 3 atom stereocenters. The Labute approximate surface area is 117 Å². The number of amides is 1. The Kier molecular flexibility index (Phi) is 5.68. The normalized spacial score (nSPS) is 33.1. The van der Waals surface area contributed by atoms with Crippen molar-refractivity contribution in [3.8, 4) is 0 Å². The van der Waals surface area contributed by atoms with Crippen molar-refractivity contribution in [3.05, 3.63) is 0 Å². The highest BCUT2D eigenvalue weighted by Gasteiger charge is 2.25. The lowest BCUT2D eigenvalue weighted by atomic mass is 9.80. The fourth-order valence-electron chi connectivity index (χ4n) is 3.72. The van der Waals surface area contributed by atoms with Crippen LogP contribution in [0.1, 0.15) is 65.2 Å². The highest BCUT2D eigenvalue weighted by atomic mass is 16.1. The van der Waals surface area contributed by atoms with Gasteiger partial charge in [0.25, 0.3) is 0 Å². The van der Waals surface area contributed by atoms with Crippen LogP contribution in [0.3, 0.4) is 0 Å². The molecule has 0 aromatic heterocycles. The van der Waals surface area contributed by atoms with E-state index < -0.39 is 0 Å². The van der Waals surface area contributed by atoms with Crippen molar-refractivity contribution < 1.29 is 4.79 Å². The molecule has 110 valence electrons. The lowest BCUT2D eigenvalue weighted by Crippen LogP contribution is -2.46. The van der Waals surface area contributed by atoms with Gasteiger partial charge in [0.05, 0.1) is 6.54 Å². The Hall–Kier alpha value is -0.570. The smallest absolute Gasteiger partial charge is 0.234 e. The van der Waals surface area contributed by atoms with Gasteiger partial charge in [-0.3, -0.25) is 4.79 Å². The molecule has 2 aliphatic carbocycles. The van der Waals surface area contributed by atoms with E-state index in [1.165, 1.54) is 51.4 Å². The number of nitrogens with one attached hydrogen (secondary N) is 2. The van der Waals surface area contributed by atoms with Crippen molar-refractivity contribution in [2.45, 2.75) is 77.3 Å². The average molecular weight is 266 g/mol. The summed E-state index contributed by atoms with van der Waals surface area (Å²) in [4.78, 5) is 12.0. The molecule has 3 heteroatoms. The molecule has 2 fully saturated rings.